The Bertz CT molecular complexity index is 1470. The maximum absolute atomic E-state index is 6.60. The van der Waals surface area contributed by atoms with Gasteiger partial charge in [0.25, 0.3) is 0 Å². The summed E-state index contributed by atoms with van der Waals surface area (Å²) in [5, 5.41) is 6.38. The van der Waals surface area contributed by atoms with E-state index in [9.17, 15) is 0 Å². The molecule has 3 unspecified atom stereocenters. The van der Waals surface area contributed by atoms with E-state index in [1.807, 2.05) is 0 Å². The first-order valence-electron chi connectivity index (χ1n) is 16.4. The van der Waals surface area contributed by atoms with Gasteiger partial charge in [-0.1, -0.05) is 43.3 Å². The van der Waals surface area contributed by atoms with Gasteiger partial charge in [-0.3, -0.25) is 9.88 Å². The van der Waals surface area contributed by atoms with E-state index in [1.165, 1.54) is 84.6 Å². The number of piperazine rings is 1. The summed E-state index contributed by atoms with van der Waals surface area (Å²) in [5.41, 5.74) is 7.62. The van der Waals surface area contributed by atoms with Gasteiger partial charge in [0.2, 0.25) is 0 Å². The molecular weight excluding hydrogens is 518 g/mol. The topological polar surface area (TPSA) is 53.0 Å². The standard InChI is InChI=1S/C36H47N5O/c1-5-30-25(3)32(20-37-34(30)31-13-7-12-27-11-6-10-24(2)33(27)31)35(40-21-28-14-15-29(22-40)39-28)38-26(4)42-23-36-16-8-18-41(36)19-9-17-36/h6-7,10-13,20,26,28-29,39H,5,8-9,14-19,21-23H2,1-4H3/b38-35+. The number of aryl methyl sites for hydroxylation is 1. The van der Waals surface area contributed by atoms with Gasteiger partial charge in [0, 0.05) is 48.0 Å². The van der Waals surface area contributed by atoms with Crippen molar-refractivity contribution < 1.29 is 4.74 Å². The lowest BCUT2D eigenvalue weighted by atomic mass is 9.91. The molecule has 3 aromatic rings. The van der Waals surface area contributed by atoms with Gasteiger partial charge in [-0.15, -0.1) is 0 Å². The molecule has 4 saturated heterocycles. The minimum absolute atomic E-state index is 0.199. The number of hydrogen-bond acceptors (Lipinski definition) is 5. The molecule has 1 N–H and O–H groups in total. The van der Waals surface area contributed by atoms with E-state index in [4.69, 9.17) is 14.7 Å². The van der Waals surface area contributed by atoms with Crippen LogP contribution >= 0.6 is 0 Å². The maximum atomic E-state index is 6.60. The number of hydrogen-bond donors (Lipinski definition) is 1. The second kappa shape index (κ2) is 11.4. The molecule has 4 fully saturated rings. The van der Waals surface area contributed by atoms with Crippen LogP contribution in [-0.4, -0.2) is 77.3 Å². The average Bonchev–Trinajstić information content (AvgIpc) is 3.68. The minimum atomic E-state index is -0.199. The molecule has 1 aromatic heterocycles. The van der Waals surface area contributed by atoms with Crippen molar-refractivity contribution in [1.82, 2.24) is 20.1 Å². The molecule has 2 bridgehead atoms. The van der Waals surface area contributed by atoms with Gasteiger partial charge < -0.3 is 15.0 Å². The quantitative estimate of drug-likeness (QED) is 0.271. The summed E-state index contributed by atoms with van der Waals surface area (Å²) in [4.78, 5) is 15.8. The molecule has 6 nitrogen and oxygen atoms in total. The molecule has 3 atom stereocenters. The highest BCUT2D eigenvalue weighted by molar-refractivity contribution is 6.02. The summed E-state index contributed by atoms with van der Waals surface area (Å²) in [6, 6.07) is 14.2. The Balaban J connectivity index is 1.26. The molecule has 0 saturated carbocycles. The first-order chi connectivity index (χ1) is 20.5. The number of rotatable bonds is 7. The van der Waals surface area contributed by atoms with Crippen LogP contribution in [0.4, 0.5) is 0 Å². The Hall–Kier alpha value is -2.80. The zero-order chi connectivity index (χ0) is 28.8. The van der Waals surface area contributed by atoms with E-state index >= 15 is 0 Å². The van der Waals surface area contributed by atoms with Gasteiger partial charge in [0.05, 0.1) is 12.3 Å². The predicted octanol–water partition coefficient (Wildman–Crippen LogP) is 6.25. The van der Waals surface area contributed by atoms with E-state index in [0.29, 0.717) is 12.1 Å². The number of nitrogens with one attached hydrogen (secondary N) is 1. The molecule has 0 aliphatic carbocycles. The first-order valence-corrected chi connectivity index (χ1v) is 16.4. The van der Waals surface area contributed by atoms with Crippen molar-refractivity contribution in [2.45, 2.75) is 96.5 Å². The third-order valence-electron chi connectivity index (χ3n) is 10.7. The summed E-state index contributed by atoms with van der Waals surface area (Å²) in [6.45, 7) is 14.1. The maximum Gasteiger partial charge on any atom is 0.147 e. The number of fused-ring (bicyclic) bond motifs is 4. The van der Waals surface area contributed by atoms with Crippen molar-refractivity contribution in [3.05, 3.63) is 64.8 Å². The number of nitrogens with zero attached hydrogens (tertiary/aromatic N) is 4. The van der Waals surface area contributed by atoms with Crippen molar-refractivity contribution in [3.63, 3.8) is 0 Å². The fourth-order valence-corrected chi connectivity index (χ4v) is 8.50. The number of pyridine rings is 1. The van der Waals surface area contributed by atoms with E-state index in [2.05, 4.69) is 85.4 Å². The third-order valence-corrected chi connectivity index (χ3v) is 10.7. The van der Waals surface area contributed by atoms with Crippen LogP contribution in [0.3, 0.4) is 0 Å². The third kappa shape index (κ3) is 4.95. The molecule has 4 aliphatic heterocycles. The molecule has 0 spiro atoms. The highest BCUT2D eigenvalue weighted by Gasteiger charge is 2.44. The number of ether oxygens (including phenoxy) is 1. The zero-order valence-electron chi connectivity index (χ0n) is 26.0. The number of benzene rings is 2. The van der Waals surface area contributed by atoms with Crippen LogP contribution in [0.2, 0.25) is 0 Å². The highest BCUT2D eigenvalue weighted by atomic mass is 16.5. The molecule has 0 radical (unpaired) electrons. The van der Waals surface area contributed by atoms with Crippen LogP contribution in [0, 0.1) is 13.8 Å². The van der Waals surface area contributed by atoms with E-state index in [1.54, 1.807) is 0 Å². The summed E-state index contributed by atoms with van der Waals surface area (Å²) in [6.07, 6.45) is 10.4. The Morgan fingerprint density at radius 2 is 1.79 bits per heavy atom. The van der Waals surface area contributed by atoms with Crippen LogP contribution in [0.5, 0.6) is 0 Å². The second-order valence-corrected chi connectivity index (χ2v) is 13.3. The van der Waals surface area contributed by atoms with Crippen LogP contribution < -0.4 is 5.32 Å². The van der Waals surface area contributed by atoms with Crippen molar-refractivity contribution in [2.75, 3.05) is 32.8 Å². The molecule has 6 heteroatoms. The molecular formula is C36H47N5O. The van der Waals surface area contributed by atoms with Crippen molar-refractivity contribution in [2.24, 2.45) is 4.99 Å². The number of aromatic nitrogens is 1. The SMILES string of the molecule is CCc1c(-c2cccc3cccc(C)c23)ncc(/C(=N\C(C)OCC23CCCN2CCC3)N2CC3CCC(C2)N3)c1C. The molecule has 2 aromatic carbocycles. The van der Waals surface area contributed by atoms with Crippen LogP contribution in [0.1, 0.15) is 74.6 Å². The molecule has 0 amide bonds. The van der Waals surface area contributed by atoms with Crippen LogP contribution in [0.25, 0.3) is 22.0 Å². The Morgan fingerprint density at radius 1 is 1.07 bits per heavy atom. The Morgan fingerprint density at radius 3 is 2.50 bits per heavy atom. The van der Waals surface area contributed by atoms with Gasteiger partial charge in [-0.2, -0.15) is 0 Å². The van der Waals surface area contributed by atoms with Gasteiger partial charge in [-0.25, -0.2) is 4.99 Å². The summed E-state index contributed by atoms with van der Waals surface area (Å²) >= 11 is 0. The van der Waals surface area contributed by atoms with Gasteiger partial charge in [0.1, 0.15) is 12.1 Å². The molecule has 5 heterocycles. The number of likely N-dealkylation sites (tertiary alicyclic amines) is 1. The Labute approximate surface area is 251 Å². The smallest absolute Gasteiger partial charge is 0.147 e. The lowest BCUT2D eigenvalue weighted by Crippen LogP contribution is -2.53. The molecule has 4 aliphatic rings. The minimum Gasteiger partial charge on any atom is -0.355 e. The normalized spacial score (nSPS) is 24.5. The van der Waals surface area contributed by atoms with Crippen molar-refractivity contribution in [1.29, 1.82) is 0 Å². The highest BCUT2D eigenvalue weighted by Crippen LogP contribution is 2.39. The molecule has 222 valence electrons. The monoisotopic (exact) mass is 565 g/mol. The molecule has 7 rings (SSSR count). The Kier molecular flexibility index (Phi) is 7.58. The number of aliphatic imine (C=N–C) groups is 1. The van der Waals surface area contributed by atoms with Crippen LogP contribution in [-0.2, 0) is 11.2 Å². The lowest BCUT2D eigenvalue weighted by Gasteiger charge is -2.36. The van der Waals surface area contributed by atoms with Gasteiger partial charge >= 0.3 is 0 Å². The fraction of sp³-hybridized carbons (Fsp3) is 0.556. The predicted molar refractivity (Wildman–Crippen MR) is 172 cm³/mol. The van der Waals surface area contributed by atoms with Crippen molar-refractivity contribution >= 4 is 16.6 Å². The van der Waals surface area contributed by atoms with E-state index < -0.39 is 0 Å². The van der Waals surface area contributed by atoms with Gasteiger partial charge in [-0.05, 0) is 106 Å². The second-order valence-electron chi connectivity index (χ2n) is 13.3. The summed E-state index contributed by atoms with van der Waals surface area (Å²) < 4.78 is 6.60. The summed E-state index contributed by atoms with van der Waals surface area (Å²) in [7, 11) is 0. The van der Waals surface area contributed by atoms with Crippen molar-refractivity contribution in [3.8, 4) is 11.3 Å². The fourth-order valence-electron chi connectivity index (χ4n) is 8.50. The largest absolute Gasteiger partial charge is 0.355 e. The zero-order valence-corrected chi connectivity index (χ0v) is 26.0. The van der Waals surface area contributed by atoms with Crippen LogP contribution in [0.15, 0.2) is 47.6 Å². The molecule has 42 heavy (non-hydrogen) atoms. The van der Waals surface area contributed by atoms with E-state index in [0.717, 1.165) is 43.2 Å². The van der Waals surface area contributed by atoms with E-state index in [-0.39, 0.29) is 11.8 Å². The van der Waals surface area contributed by atoms with Gasteiger partial charge in [0.15, 0.2) is 0 Å². The number of amidine groups is 1. The first kappa shape index (κ1) is 28.0. The average molecular weight is 566 g/mol. The lowest BCUT2D eigenvalue weighted by molar-refractivity contribution is -0.00122. The summed E-state index contributed by atoms with van der Waals surface area (Å²) in [5.74, 6) is 1.06.